The predicted octanol–water partition coefficient (Wildman–Crippen LogP) is 5.64. The third kappa shape index (κ3) is 2.69. The van der Waals surface area contributed by atoms with E-state index in [0.29, 0.717) is 5.52 Å². The van der Waals surface area contributed by atoms with Crippen LogP contribution >= 0.6 is 0 Å². The van der Waals surface area contributed by atoms with Gasteiger partial charge in [0.25, 0.3) is 10.0 Å². The summed E-state index contributed by atoms with van der Waals surface area (Å²) >= 11 is 0. The summed E-state index contributed by atoms with van der Waals surface area (Å²) in [6, 6.07) is 22.7. The first-order valence-corrected chi connectivity index (χ1v) is 10.9. The van der Waals surface area contributed by atoms with Crippen LogP contribution in [0.5, 0.6) is 0 Å². The Kier molecular flexibility index (Phi) is 3.89. The average Bonchev–Trinajstić information content (AvgIpc) is 3.25. The van der Waals surface area contributed by atoms with Gasteiger partial charge in [0.15, 0.2) is 0 Å². The van der Waals surface area contributed by atoms with Gasteiger partial charge in [0.1, 0.15) is 0 Å². The van der Waals surface area contributed by atoms with E-state index in [1.54, 1.807) is 18.3 Å². The minimum Gasteiger partial charge on any atom is -0.358 e. The molecule has 0 saturated heterocycles. The third-order valence-electron chi connectivity index (χ3n) is 5.42. The number of benzene rings is 3. The first kappa shape index (κ1) is 17.8. The highest BCUT2D eigenvalue weighted by Crippen LogP contribution is 2.38. The Morgan fingerprint density at radius 1 is 0.793 bits per heavy atom. The van der Waals surface area contributed by atoms with Crippen LogP contribution in [-0.2, 0) is 10.0 Å². The monoisotopic (exact) mass is 400 g/mol. The lowest BCUT2D eigenvalue weighted by Gasteiger charge is -2.07. The van der Waals surface area contributed by atoms with Gasteiger partial charge in [-0.05, 0) is 38.1 Å². The van der Waals surface area contributed by atoms with E-state index in [9.17, 15) is 8.42 Å². The van der Waals surface area contributed by atoms with Gasteiger partial charge in [-0.3, -0.25) is 0 Å². The zero-order chi connectivity index (χ0) is 20.2. The highest BCUT2D eigenvalue weighted by molar-refractivity contribution is 7.90. The maximum absolute atomic E-state index is 13.4. The molecule has 3 aromatic carbocycles. The van der Waals surface area contributed by atoms with Gasteiger partial charge < -0.3 is 4.98 Å². The molecule has 0 amide bonds. The van der Waals surface area contributed by atoms with Gasteiger partial charge in [-0.1, -0.05) is 54.1 Å². The molecule has 0 aliphatic carbocycles. The van der Waals surface area contributed by atoms with E-state index in [0.717, 1.165) is 38.7 Å². The predicted molar refractivity (Wildman–Crippen MR) is 118 cm³/mol. The van der Waals surface area contributed by atoms with Crippen LogP contribution < -0.4 is 0 Å². The number of para-hydroxylation sites is 2. The van der Waals surface area contributed by atoms with Crippen LogP contribution in [-0.4, -0.2) is 17.4 Å². The van der Waals surface area contributed by atoms with Gasteiger partial charge in [0, 0.05) is 39.3 Å². The van der Waals surface area contributed by atoms with Crippen molar-refractivity contribution in [1.29, 1.82) is 0 Å². The van der Waals surface area contributed by atoms with E-state index >= 15 is 0 Å². The molecule has 5 aromatic rings. The smallest absolute Gasteiger partial charge is 0.268 e. The normalized spacial score (nSPS) is 12.1. The Bertz CT molecular complexity index is 1470. The first-order chi connectivity index (χ1) is 14.0. The summed E-state index contributed by atoms with van der Waals surface area (Å²) in [6.45, 7) is 3.97. The molecule has 0 aliphatic rings. The molecule has 0 radical (unpaired) electrons. The summed E-state index contributed by atoms with van der Waals surface area (Å²) in [5, 5.41) is 2.00. The highest BCUT2D eigenvalue weighted by Gasteiger charge is 2.23. The number of rotatable bonds is 3. The van der Waals surface area contributed by atoms with Gasteiger partial charge >= 0.3 is 0 Å². The molecule has 2 aromatic heterocycles. The first-order valence-electron chi connectivity index (χ1n) is 9.47. The number of H-pyrrole nitrogens is 1. The Morgan fingerprint density at radius 3 is 2.21 bits per heavy atom. The quantitative estimate of drug-likeness (QED) is 0.426. The lowest BCUT2D eigenvalue weighted by molar-refractivity contribution is 0.589. The molecule has 0 unspecified atom stereocenters. The van der Waals surface area contributed by atoms with Crippen molar-refractivity contribution in [2.45, 2.75) is 18.7 Å². The van der Waals surface area contributed by atoms with Crippen LogP contribution in [0.1, 0.15) is 11.3 Å². The third-order valence-corrected chi connectivity index (χ3v) is 7.11. The molecule has 5 heteroatoms. The molecular weight excluding hydrogens is 380 g/mol. The largest absolute Gasteiger partial charge is 0.358 e. The van der Waals surface area contributed by atoms with Crippen molar-refractivity contribution in [2.75, 3.05) is 0 Å². The van der Waals surface area contributed by atoms with Crippen molar-refractivity contribution in [1.82, 2.24) is 8.96 Å². The van der Waals surface area contributed by atoms with E-state index in [1.807, 2.05) is 68.4 Å². The van der Waals surface area contributed by atoms with Crippen LogP contribution in [0.4, 0.5) is 0 Å². The lowest BCUT2D eigenvalue weighted by atomic mass is 10.0. The van der Waals surface area contributed by atoms with Gasteiger partial charge in [-0.25, -0.2) is 12.4 Å². The lowest BCUT2D eigenvalue weighted by Crippen LogP contribution is -2.11. The maximum atomic E-state index is 13.4. The molecule has 29 heavy (non-hydrogen) atoms. The molecule has 144 valence electrons. The number of aryl methyl sites for hydroxylation is 2. The van der Waals surface area contributed by atoms with Gasteiger partial charge in [-0.2, -0.15) is 0 Å². The minimum absolute atomic E-state index is 0.283. The summed E-state index contributed by atoms with van der Waals surface area (Å²) < 4.78 is 28.3. The number of aromatic nitrogens is 2. The summed E-state index contributed by atoms with van der Waals surface area (Å²) in [4.78, 5) is 3.70. The molecule has 4 nitrogen and oxygen atoms in total. The highest BCUT2D eigenvalue weighted by atomic mass is 32.2. The summed E-state index contributed by atoms with van der Waals surface area (Å²) in [7, 11) is -3.71. The Hall–Kier alpha value is -3.31. The van der Waals surface area contributed by atoms with E-state index < -0.39 is 10.0 Å². The molecular formula is C24H20N2O2S. The van der Waals surface area contributed by atoms with Crippen molar-refractivity contribution >= 4 is 31.8 Å². The van der Waals surface area contributed by atoms with Gasteiger partial charge in [0.05, 0.1) is 10.4 Å². The zero-order valence-electron chi connectivity index (χ0n) is 16.2. The minimum atomic E-state index is -3.71. The van der Waals surface area contributed by atoms with E-state index in [4.69, 9.17) is 0 Å². The van der Waals surface area contributed by atoms with E-state index in [-0.39, 0.29) is 4.90 Å². The topological polar surface area (TPSA) is 54.9 Å². The number of nitrogens with zero attached hydrogens (tertiary/aromatic N) is 1. The Labute approximate surface area is 169 Å². The van der Waals surface area contributed by atoms with Crippen molar-refractivity contribution in [2.24, 2.45) is 0 Å². The van der Waals surface area contributed by atoms with Gasteiger partial charge in [0.2, 0.25) is 0 Å². The second kappa shape index (κ2) is 6.36. The SMILES string of the molecule is Cc1ccc(S(=O)(=O)n2cc(-c3c(C)[nH]c4ccccc34)c3ccccc32)cc1. The van der Waals surface area contributed by atoms with Crippen LogP contribution in [0.3, 0.4) is 0 Å². The van der Waals surface area contributed by atoms with Crippen LogP contribution in [0, 0.1) is 13.8 Å². The number of aromatic amines is 1. The molecule has 0 bridgehead atoms. The molecule has 0 fully saturated rings. The van der Waals surface area contributed by atoms with Crippen molar-refractivity contribution < 1.29 is 8.42 Å². The average molecular weight is 401 g/mol. The van der Waals surface area contributed by atoms with Crippen LogP contribution in [0.15, 0.2) is 83.9 Å². The zero-order valence-corrected chi connectivity index (χ0v) is 17.0. The van der Waals surface area contributed by atoms with Crippen molar-refractivity contribution in [3.8, 4) is 11.1 Å². The maximum Gasteiger partial charge on any atom is 0.268 e. The molecule has 2 heterocycles. The summed E-state index contributed by atoms with van der Waals surface area (Å²) in [6.07, 6.45) is 1.75. The number of fused-ring (bicyclic) bond motifs is 2. The van der Waals surface area contributed by atoms with E-state index in [2.05, 4.69) is 11.1 Å². The molecule has 0 spiro atoms. The Morgan fingerprint density at radius 2 is 1.45 bits per heavy atom. The van der Waals surface area contributed by atoms with Crippen molar-refractivity contribution in [3.63, 3.8) is 0 Å². The fourth-order valence-electron chi connectivity index (χ4n) is 4.00. The molecule has 0 saturated carbocycles. The fraction of sp³-hybridized carbons (Fsp3) is 0.0833. The summed E-state index contributed by atoms with van der Waals surface area (Å²) in [5.74, 6) is 0. The summed E-state index contributed by atoms with van der Waals surface area (Å²) in [5.41, 5.74) is 5.70. The van der Waals surface area contributed by atoms with Crippen molar-refractivity contribution in [3.05, 3.63) is 90.3 Å². The fourth-order valence-corrected chi connectivity index (χ4v) is 5.36. The van der Waals surface area contributed by atoms with E-state index in [1.165, 1.54) is 3.97 Å². The number of hydrogen-bond acceptors (Lipinski definition) is 2. The molecule has 1 N–H and O–H groups in total. The molecule has 0 atom stereocenters. The van der Waals surface area contributed by atoms with Crippen LogP contribution in [0.25, 0.3) is 32.9 Å². The number of hydrogen-bond donors (Lipinski definition) is 1. The molecule has 0 aliphatic heterocycles. The second-order valence-electron chi connectivity index (χ2n) is 7.34. The van der Waals surface area contributed by atoms with Crippen LogP contribution in [0.2, 0.25) is 0 Å². The Balaban J connectivity index is 1.82. The molecule has 5 rings (SSSR count). The standard InChI is InChI=1S/C24H20N2O2S/c1-16-11-13-18(14-12-16)29(27,28)26-15-21(19-7-4-6-10-23(19)26)24-17(2)25-22-9-5-3-8-20(22)24/h3-15,25H,1-2H3. The van der Waals surface area contributed by atoms with Gasteiger partial charge in [-0.15, -0.1) is 0 Å². The second-order valence-corrected chi connectivity index (χ2v) is 9.16. The number of nitrogens with one attached hydrogen (secondary N) is 1.